The summed E-state index contributed by atoms with van der Waals surface area (Å²) in [6.07, 6.45) is 3.04. The highest BCUT2D eigenvalue weighted by molar-refractivity contribution is 6.99. The lowest BCUT2D eigenvalue weighted by atomic mass is 9.68. The van der Waals surface area contributed by atoms with E-state index < -0.39 is 38.8 Å². The Kier molecular flexibility index (Phi) is 11.8. The monoisotopic (exact) mass is 779 g/mol. The number of aliphatic hydroxyl groups excluding tert-OH is 2. The summed E-state index contributed by atoms with van der Waals surface area (Å²) < 4.78 is 7.42. The van der Waals surface area contributed by atoms with Gasteiger partial charge < -0.3 is 19.7 Å². The van der Waals surface area contributed by atoms with Gasteiger partial charge >= 0.3 is 0 Å². The maximum Gasteiger partial charge on any atom is 0.261 e. The number of nitrogens with zero attached hydrogens (tertiary/aromatic N) is 1. The maximum atomic E-state index is 14.3. The number of phenolic OH excluding ortho intramolecular Hbond substituents is 1. The van der Waals surface area contributed by atoms with Gasteiger partial charge in [0.15, 0.2) is 0 Å². The van der Waals surface area contributed by atoms with E-state index in [0.29, 0.717) is 24.1 Å². The van der Waals surface area contributed by atoms with Crippen molar-refractivity contribution in [1.82, 2.24) is 0 Å². The van der Waals surface area contributed by atoms with Crippen molar-refractivity contribution in [2.75, 3.05) is 18.1 Å². The lowest BCUT2D eigenvalue weighted by Gasteiger charge is -2.44. The normalized spacial score (nSPS) is 19.6. The van der Waals surface area contributed by atoms with Gasteiger partial charge in [-0.1, -0.05) is 149 Å². The fraction of sp³-hybridized carbons (Fsp3) is 0.306. The minimum atomic E-state index is -3.04. The number of rotatable bonds is 13. The predicted molar refractivity (Wildman–Crippen MR) is 231 cm³/mol. The molecule has 1 heterocycles. The number of hydrogen-bond acceptors (Lipinski definition) is 6. The Labute approximate surface area is 337 Å². The molecular weight excluding hydrogens is 727 g/mol. The van der Waals surface area contributed by atoms with E-state index in [4.69, 9.17) is 4.43 Å². The minimum Gasteiger partial charge on any atom is -0.507 e. The Balaban J connectivity index is 1.29. The van der Waals surface area contributed by atoms with Gasteiger partial charge in [0.1, 0.15) is 5.75 Å². The highest BCUT2D eigenvalue weighted by atomic mass is 28.4. The molecule has 2 amide bonds. The van der Waals surface area contributed by atoms with Crippen LogP contribution in [0.25, 0.3) is 16.8 Å². The molecule has 0 bridgehead atoms. The molecule has 0 unspecified atom stereocenters. The highest BCUT2D eigenvalue weighted by Crippen LogP contribution is 2.48. The van der Waals surface area contributed by atoms with Crippen molar-refractivity contribution in [3.8, 4) is 5.75 Å². The van der Waals surface area contributed by atoms with E-state index in [1.165, 1.54) is 4.90 Å². The third kappa shape index (κ3) is 7.55. The molecule has 1 saturated heterocycles. The molecule has 1 fully saturated rings. The Morgan fingerprint density at radius 3 is 1.98 bits per heavy atom. The van der Waals surface area contributed by atoms with E-state index in [1.54, 1.807) is 30.3 Å². The van der Waals surface area contributed by atoms with Crippen LogP contribution in [0.3, 0.4) is 0 Å². The van der Waals surface area contributed by atoms with E-state index in [1.807, 2.05) is 72.8 Å². The molecule has 1 aliphatic carbocycles. The van der Waals surface area contributed by atoms with Gasteiger partial charge in [-0.3, -0.25) is 14.5 Å². The third-order valence-electron chi connectivity index (χ3n) is 12.1. The summed E-state index contributed by atoms with van der Waals surface area (Å²) in [6.45, 7) is 8.47. The molecule has 8 heteroatoms. The van der Waals surface area contributed by atoms with Crippen LogP contribution in [0.4, 0.5) is 5.69 Å². The molecule has 0 saturated carbocycles. The Morgan fingerprint density at radius 1 is 0.825 bits per heavy atom. The molecular formula is C49H53NO6Si. The fourth-order valence-corrected chi connectivity index (χ4v) is 13.9. The number of hydrogen-bond donors (Lipinski definition) is 3. The number of imide groups is 1. The molecule has 0 spiro atoms. The van der Waals surface area contributed by atoms with Crippen molar-refractivity contribution in [2.45, 2.75) is 64.5 Å². The van der Waals surface area contributed by atoms with Crippen LogP contribution in [0, 0.1) is 17.8 Å². The van der Waals surface area contributed by atoms with Crippen LogP contribution in [-0.4, -0.2) is 54.8 Å². The summed E-state index contributed by atoms with van der Waals surface area (Å²) >= 11 is 0. The number of allylic oxidation sites excluding steroid dienone is 1. The Bertz CT molecular complexity index is 2240. The lowest BCUT2D eigenvalue weighted by Crippen LogP contribution is -2.66. The quantitative estimate of drug-likeness (QED) is 0.0633. The molecule has 7 rings (SSSR count). The Morgan fingerprint density at radius 2 is 1.40 bits per heavy atom. The van der Waals surface area contributed by atoms with Gasteiger partial charge in [0.25, 0.3) is 8.32 Å². The summed E-state index contributed by atoms with van der Waals surface area (Å²) in [4.78, 5) is 29.8. The van der Waals surface area contributed by atoms with Crippen LogP contribution in [-0.2, 0) is 14.0 Å². The number of carbonyl (C=O) groups excluding carboxylic acids is 2. The van der Waals surface area contributed by atoms with Crippen molar-refractivity contribution in [1.29, 1.82) is 0 Å². The minimum absolute atomic E-state index is 0.141. The zero-order valence-corrected chi connectivity index (χ0v) is 34.3. The smallest absolute Gasteiger partial charge is 0.261 e. The van der Waals surface area contributed by atoms with Gasteiger partial charge in [-0.25, -0.2) is 0 Å². The number of benzene rings is 5. The van der Waals surface area contributed by atoms with E-state index in [-0.39, 0.29) is 35.6 Å². The van der Waals surface area contributed by atoms with Gasteiger partial charge in [-0.05, 0) is 81.4 Å². The summed E-state index contributed by atoms with van der Waals surface area (Å²) in [5.41, 5.74) is 3.99. The summed E-state index contributed by atoms with van der Waals surface area (Å²) in [5.74, 6) is -2.68. The zero-order chi connectivity index (χ0) is 40.3. The maximum absolute atomic E-state index is 14.3. The van der Waals surface area contributed by atoms with E-state index in [9.17, 15) is 24.9 Å². The number of phenols is 1. The molecule has 294 valence electrons. The van der Waals surface area contributed by atoms with Crippen LogP contribution < -0.4 is 15.3 Å². The molecule has 7 nitrogen and oxygen atoms in total. The van der Waals surface area contributed by atoms with Crippen LogP contribution in [0.1, 0.15) is 58.9 Å². The number of carbonyl (C=O) groups is 2. The van der Waals surface area contributed by atoms with E-state index in [0.717, 1.165) is 44.3 Å². The molecule has 4 atom stereocenters. The second kappa shape index (κ2) is 16.8. The summed E-state index contributed by atoms with van der Waals surface area (Å²) in [6, 6.07) is 41.0. The van der Waals surface area contributed by atoms with Crippen molar-refractivity contribution in [2.24, 2.45) is 17.8 Å². The first kappa shape index (κ1) is 40.1. The van der Waals surface area contributed by atoms with Crippen molar-refractivity contribution in [3.05, 3.63) is 150 Å². The van der Waals surface area contributed by atoms with Gasteiger partial charge in [0.05, 0.1) is 36.8 Å². The lowest BCUT2D eigenvalue weighted by molar-refractivity contribution is -0.123. The fourth-order valence-electron chi connectivity index (χ4n) is 9.36. The summed E-state index contributed by atoms with van der Waals surface area (Å²) in [5, 5.41) is 37.7. The SMILES string of the molecule is CC/C(=C\c1ccc(O)c2ccccc12)CC[C@@H](O)C1=C(CO[Si](c2ccccc2)(c2ccccc2)C(C)(C)C)C[C@H]2C(=O)N(c3ccccc3)C(=O)[C@H]2[C@H]1CO. The molecule has 0 aromatic heterocycles. The van der Waals surface area contributed by atoms with Gasteiger partial charge in [-0.15, -0.1) is 0 Å². The molecule has 0 radical (unpaired) electrons. The van der Waals surface area contributed by atoms with Crippen LogP contribution >= 0.6 is 0 Å². The van der Waals surface area contributed by atoms with E-state index in [2.05, 4.69) is 58.0 Å². The molecule has 5 aromatic carbocycles. The first-order valence-corrected chi connectivity index (χ1v) is 22.0. The van der Waals surface area contributed by atoms with Crippen molar-refractivity contribution < 1.29 is 29.3 Å². The molecule has 3 N–H and O–H groups in total. The molecule has 1 aliphatic heterocycles. The van der Waals surface area contributed by atoms with Gasteiger partial charge in [-0.2, -0.15) is 0 Å². The molecule has 57 heavy (non-hydrogen) atoms. The van der Waals surface area contributed by atoms with Crippen LogP contribution in [0.15, 0.2) is 144 Å². The predicted octanol–water partition coefficient (Wildman–Crippen LogP) is 8.17. The topological polar surface area (TPSA) is 107 Å². The largest absolute Gasteiger partial charge is 0.507 e. The highest BCUT2D eigenvalue weighted by Gasteiger charge is 2.56. The van der Waals surface area contributed by atoms with E-state index >= 15 is 0 Å². The number of aromatic hydroxyl groups is 1. The second-order valence-corrected chi connectivity index (χ2v) is 20.7. The summed E-state index contributed by atoms with van der Waals surface area (Å²) in [7, 11) is -3.04. The van der Waals surface area contributed by atoms with Gasteiger partial charge in [0, 0.05) is 11.3 Å². The zero-order valence-electron chi connectivity index (χ0n) is 33.3. The first-order chi connectivity index (χ1) is 27.5. The van der Waals surface area contributed by atoms with Crippen LogP contribution in [0.5, 0.6) is 5.75 Å². The third-order valence-corrected chi connectivity index (χ3v) is 17.1. The number of anilines is 1. The average molecular weight is 780 g/mol. The number of fused-ring (bicyclic) bond motifs is 2. The van der Waals surface area contributed by atoms with Gasteiger partial charge in [0.2, 0.25) is 11.8 Å². The second-order valence-electron chi connectivity index (χ2n) is 16.4. The van der Waals surface area contributed by atoms with Crippen molar-refractivity contribution in [3.63, 3.8) is 0 Å². The number of amides is 2. The number of aliphatic hydroxyl groups is 2. The average Bonchev–Trinajstić information content (AvgIpc) is 3.48. The Hall–Kier alpha value is -5.12. The molecule has 5 aromatic rings. The molecule has 2 aliphatic rings. The number of para-hydroxylation sites is 1. The van der Waals surface area contributed by atoms with Crippen molar-refractivity contribution >= 4 is 53.0 Å². The van der Waals surface area contributed by atoms with Crippen LogP contribution in [0.2, 0.25) is 5.04 Å². The first-order valence-electron chi connectivity index (χ1n) is 20.1. The standard InChI is InChI=1S/C49H53NO6Si/c1-5-33(29-34-26-28-43(52)40-24-16-15-23-39(34)40)25-27-44(53)45-35(30-41-46(42(45)31-51)48(55)50(47(41)54)36-17-9-6-10-18-36)32-56-57(49(2,3)4,37-19-11-7-12-20-37)38-21-13-8-14-22-38/h6-24,26,28-29,41-42,44,46,51-53H,5,25,27,30-32H2,1-4H3/b33-29+/t41-,42+,44-,46-/m1/s1.